The molecule has 1 aliphatic heterocycles. The molecule has 0 aromatic heterocycles. The van der Waals surface area contributed by atoms with Gasteiger partial charge in [-0.05, 0) is 19.4 Å². The molecule has 0 spiro atoms. The van der Waals surface area contributed by atoms with Crippen molar-refractivity contribution in [2.45, 2.75) is 31.4 Å². The molecule has 1 fully saturated rings. The van der Waals surface area contributed by atoms with Crippen molar-refractivity contribution in [3.05, 3.63) is 35.9 Å². The van der Waals surface area contributed by atoms with Gasteiger partial charge in [-0.1, -0.05) is 42.1 Å². The van der Waals surface area contributed by atoms with Crippen LogP contribution in [0, 0.1) is 0 Å². The monoisotopic (exact) mass is 250 g/mol. The number of likely N-dealkylation sites (N-methyl/N-ethyl adjacent to an activating group) is 1. The van der Waals surface area contributed by atoms with Gasteiger partial charge >= 0.3 is 0 Å². The summed E-state index contributed by atoms with van der Waals surface area (Å²) in [5.41, 5.74) is 1.31. The normalized spacial score (nSPS) is 28.7. The Labute approximate surface area is 107 Å². The predicted molar refractivity (Wildman–Crippen MR) is 73.1 cm³/mol. The Hall–Kier alpha value is -1.00. The fourth-order valence-electron chi connectivity index (χ4n) is 1.94. The number of hydrogen-bond acceptors (Lipinski definition) is 3. The highest BCUT2D eigenvalue weighted by molar-refractivity contribution is 8.14. The first-order valence-corrected chi connectivity index (χ1v) is 6.68. The first-order chi connectivity index (χ1) is 8.09. The SMILES string of the molecule is CC(O)/N=C1\S[C@H](c2ccccc2)[C@H](C)N1C. The number of rotatable bonds is 2. The van der Waals surface area contributed by atoms with E-state index in [4.69, 9.17) is 0 Å². The topological polar surface area (TPSA) is 35.8 Å². The van der Waals surface area contributed by atoms with Crippen LogP contribution in [0.5, 0.6) is 0 Å². The van der Waals surface area contributed by atoms with Gasteiger partial charge in [-0.15, -0.1) is 0 Å². The van der Waals surface area contributed by atoms with E-state index in [2.05, 4.69) is 41.1 Å². The highest BCUT2D eigenvalue weighted by Gasteiger charge is 2.34. The van der Waals surface area contributed by atoms with Crippen LogP contribution >= 0.6 is 11.8 Å². The molecule has 1 N–H and O–H groups in total. The van der Waals surface area contributed by atoms with Crippen LogP contribution in [0.15, 0.2) is 35.3 Å². The van der Waals surface area contributed by atoms with Crippen LogP contribution in [0.3, 0.4) is 0 Å². The van der Waals surface area contributed by atoms with Gasteiger partial charge in [-0.25, -0.2) is 4.99 Å². The fraction of sp³-hybridized carbons (Fsp3) is 0.462. The van der Waals surface area contributed by atoms with Gasteiger partial charge in [0.15, 0.2) is 5.17 Å². The summed E-state index contributed by atoms with van der Waals surface area (Å²) in [6, 6.07) is 10.8. The standard InChI is InChI=1S/C13H18N2OS/c1-9-12(11-7-5-4-6-8-11)17-13(15(9)3)14-10(2)16/h4-10,12,16H,1-3H3/b14-13-/t9-,10?,12-/m0/s1. The maximum absolute atomic E-state index is 9.35. The van der Waals surface area contributed by atoms with Crippen molar-refractivity contribution in [2.24, 2.45) is 4.99 Å². The van der Waals surface area contributed by atoms with Crippen LogP contribution in [0.1, 0.15) is 24.7 Å². The van der Waals surface area contributed by atoms with Crippen LogP contribution in [0.2, 0.25) is 0 Å². The zero-order valence-corrected chi connectivity index (χ0v) is 11.2. The van der Waals surface area contributed by atoms with Gasteiger partial charge in [0.2, 0.25) is 0 Å². The molecule has 0 amide bonds. The molecule has 1 aromatic rings. The summed E-state index contributed by atoms with van der Waals surface area (Å²) in [6.45, 7) is 3.87. The van der Waals surface area contributed by atoms with Crippen molar-refractivity contribution in [1.82, 2.24) is 4.90 Å². The van der Waals surface area contributed by atoms with Crippen molar-refractivity contribution in [3.63, 3.8) is 0 Å². The van der Waals surface area contributed by atoms with E-state index >= 15 is 0 Å². The van der Waals surface area contributed by atoms with Crippen molar-refractivity contribution in [1.29, 1.82) is 0 Å². The van der Waals surface area contributed by atoms with Gasteiger partial charge < -0.3 is 10.0 Å². The van der Waals surface area contributed by atoms with Crippen LogP contribution in [0.25, 0.3) is 0 Å². The van der Waals surface area contributed by atoms with Gasteiger partial charge in [-0.3, -0.25) is 0 Å². The molecule has 3 atom stereocenters. The van der Waals surface area contributed by atoms with Gasteiger partial charge in [0.1, 0.15) is 6.23 Å². The Morgan fingerprint density at radius 2 is 2.00 bits per heavy atom. The Kier molecular flexibility index (Phi) is 3.74. The number of thioether (sulfide) groups is 1. The number of hydrogen-bond donors (Lipinski definition) is 1. The lowest BCUT2D eigenvalue weighted by molar-refractivity contribution is 0.203. The van der Waals surface area contributed by atoms with E-state index in [0.29, 0.717) is 11.3 Å². The quantitative estimate of drug-likeness (QED) is 0.876. The highest BCUT2D eigenvalue weighted by Crippen LogP contribution is 2.42. The number of benzene rings is 1. The molecule has 1 saturated heterocycles. The third-order valence-corrected chi connectivity index (χ3v) is 4.53. The summed E-state index contributed by atoms with van der Waals surface area (Å²) in [5, 5.41) is 10.7. The smallest absolute Gasteiger partial charge is 0.162 e. The van der Waals surface area contributed by atoms with Gasteiger partial charge in [0, 0.05) is 13.1 Å². The summed E-state index contributed by atoms with van der Waals surface area (Å²) in [6.07, 6.45) is -0.637. The van der Waals surface area contributed by atoms with Crippen LogP contribution < -0.4 is 0 Å². The van der Waals surface area contributed by atoms with Gasteiger partial charge in [0.25, 0.3) is 0 Å². The summed E-state index contributed by atoms with van der Waals surface area (Å²) in [5.74, 6) is 0. The Morgan fingerprint density at radius 3 is 2.59 bits per heavy atom. The average molecular weight is 250 g/mol. The van der Waals surface area contributed by atoms with Crippen molar-refractivity contribution in [2.75, 3.05) is 7.05 Å². The molecule has 1 heterocycles. The summed E-state index contributed by atoms with van der Waals surface area (Å²) in [4.78, 5) is 6.38. The highest BCUT2D eigenvalue weighted by atomic mass is 32.2. The third kappa shape index (κ3) is 2.64. The molecule has 1 aromatic carbocycles. The molecule has 4 heteroatoms. The number of amidine groups is 1. The molecule has 1 unspecified atom stereocenters. The summed E-state index contributed by atoms with van der Waals surface area (Å²) in [7, 11) is 2.03. The van der Waals surface area contributed by atoms with Gasteiger partial charge in [0.05, 0.1) is 5.25 Å². The van der Waals surface area contributed by atoms with Crippen LogP contribution in [0.4, 0.5) is 0 Å². The van der Waals surface area contributed by atoms with E-state index in [0.717, 1.165) is 5.17 Å². The second-order valence-corrected chi connectivity index (χ2v) is 5.45. The molecule has 0 radical (unpaired) electrons. The van der Waals surface area contributed by atoms with E-state index in [1.165, 1.54) is 5.56 Å². The van der Waals surface area contributed by atoms with E-state index < -0.39 is 6.23 Å². The van der Waals surface area contributed by atoms with E-state index in [9.17, 15) is 5.11 Å². The second kappa shape index (κ2) is 5.10. The maximum Gasteiger partial charge on any atom is 0.162 e. The van der Waals surface area contributed by atoms with Gasteiger partial charge in [-0.2, -0.15) is 0 Å². The molecule has 0 saturated carbocycles. The fourth-order valence-corrected chi connectivity index (χ4v) is 3.39. The van der Waals surface area contributed by atoms with Crippen LogP contribution in [-0.4, -0.2) is 34.5 Å². The van der Waals surface area contributed by atoms with Crippen molar-refractivity contribution >= 4 is 16.9 Å². The molecular weight excluding hydrogens is 232 g/mol. The molecule has 92 valence electrons. The first kappa shape index (κ1) is 12.5. The number of nitrogens with zero attached hydrogens (tertiary/aromatic N) is 2. The number of aliphatic imine (C=N–C) groups is 1. The summed E-state index contributed by atoms with van der Waals surface area (Å²) >= 11 is 1.72. The Bertz CT molecular complexity index is 405. The molecule has 2 rings (SSSR count). The first-order valence-electron chi connectivity index (χ1n) is 5.80. The molecule has 17 heavy (non-hydrogen) atoms. The third-order valence-electron chi connectivity index (χ3n) is 3.01. The molecule has 1 aliphatic rings. The molecule has 3 nitrogen and oxygen atoms in total. The van der Waals surface area contributed by atoms with Crippen molar-refractivity contribution in [3.8, 4) is 0 Å². The Morgan fingerprint density at radius 1 is 1.35 bits per heavy atom. The van der Waals surface area contributed by atoms with E-state index in [1.54, 1.807) is 18.7 Å². The Balaban J connectivity index is 2.23. The lowest BCUT2D eigenvalue weighted by Gasteiger charge is -2.20. The van der Waals surface area contributed by atoms with Crippen molar-refractivity contribution < 1.29 is 5.11 Å². The second-order valence-electron chi connectivity index (χ2n) is 4.34. The van der Waals surface area contributed by atoms with E-state index in [1.807, 2.05) is 13.1 Å². The lowest BCUT2D eigenvalue weighted by atomic mass is 10.1. The molecule has 0 aliphatic carbocycles. The zero-order valence-electron chi connectivity index (χ0n) is 10.4. The number of aliphatic hydroxyl groups is 1. The van der Waals surface area contributed by atoms with Crippen LogP contribution in [-0.2, 0) is 0 Å². The maximum atomic E-state index is 9.35. The average Bonchev–Trinajstić information content (AvgIpc) is 2.58. The molecule has 0 bridgehead atoms. The zero-order chi connectivity index (χ0) is 12.4. The summed E-state index contributed by atoms with van der Waals surface area (Å²) < 4.78 is 0. The largest absolute Gasteiger partial charge is 0.372 e. The minimum atomic E-state index is -0.637. The minimum Gasteiger partial charge on any atom is -0.372 e. The predicted octanol–water partition coefficient (Wildman–Crippen LogP) is 2.49. The number of aliphatic hydroxyl groups excluding tert-OH is 1. The lowest BCUT2D eigenvalue weighted by Crippen LogP contribution is -2.28. The van der Waals surface area contributed by atoms with E-state index in [-0.39, 0.29) is 0 Å². The minimum absolute atomic E-state index is 0.388. The molecular formula is C13H18N2OS.